The number of benzene rings is 1. The van der Waals surface area contributed by atoms with Gasteiger partial charge in [0.15, 0.2) is 5.78 Å². The van der Waals surface area contributed by atoms with E-state index in [1.807, 2.05) is 6.92 Å². The first-order valence-electron chi connectivity index (χ1n) is 4.29. The number of hydrogen-bond donors (Lipinski definition) is 1. The zero-order valence-electron chi connectivity index (χ0n) is 8.13. The van der Waals surface area contributed by atoms with E-state index in [1.54, 1.807) is 12.1 Å². The summed E-state index contributed by atoms with van der Waals surface area (Å²) in [6.45, 7) is 3.77. The number of nitrogens with two attached hydrogens (primary N) is 1. The zero-order chi connectivity index (χ0) is 10.7. The summed E-state index contributed by atoms with van der Waals surface area (Å²) in [5.74, 6) is 0.336. The van der Waals surface area contributed by atoms with Gasteiger partial charge in [0, 0.05) is 5.69 Å². The van der Waals surface area contributed by atoms with E-state index in [2.05, 4.69) is 0 Å². The second-order valence-electron chi connectivity index (χ2n) is 2.83. The minimum atomic E-state index is -0.158. The van der Waals surface area contributed by atoms with Crippen LogP contribution in [-0.4, -0.2) is 12.4 Å². The van der Waals surface area contributed by atoms with Crippen LogP contribution < -0.4 is 10.5 Å². The maximum absolute atomic E-state index is 11.2. The first-order chi connectivity index (χ1) is 6.57. The van der Waals surface area contributed by atoms with Gasteiger partial charge in [-0.25, -0.2) is 0 Å². The smallest absolute Gasteiger partial charge is 0.163 e. The topological polar surface area (TPSA) is 52.3 Å². The lowest BCUT2D eigenvalue weighted by molar-refractivity contribution is 0.101. The fraction of sp³-hybridized carbons (Fsp3) is 0.300. The Balaban J connectivity index is 3.26. The van der Waals surface area contributed by atoms with Crippen LogP contribution in [0.1, 0.15) is 24.2 Å². The van der Waals surface area contributed by atoms with E-state index >= 15 is 0 Å². The van der Waals surface area contributed by atoms with Gasteiger partial charge in [-0.1, -0.05) is 11.6 Å². The number of rotatable bonds is 3. The van der Waals surface area contributed by atoms with Crippen molar-refractivity contribution in [3.05, 3.63) is 22.7 Å². The van der Waals surface area contributed by atoms with Gasteiger partial charge in [-0.2, -0.15) is 0 Å². The van der Waals surface area contributed by atoms with Crippen LogP contribution in [0.5, 0.6) is 5.75 Å². The molecule has 0 heterocycles. The Labute approximate surface area is 87.8 Å². The Bertz CT molecular complexity index is 363. The second-order valence-corrected chi connectivity index (χ2v) is 3.21. The molecule has 14 heavy (non-hydrogen) atoms. The number of nitrogen functional groups attached to an aromatic ring is 1. The molecule has 0 spiro atoms. The molecule has 1 aromatic carbocycles. The van der Waals surface area contributed by atoms with Crippen molar-refractivity contribution < 1.29 is 9.53 Å². The first kappa shape index (κ1) is 10.9. The standard InChI is InChI=1S/C10H12ClNO2/c1-3-14-8-5-4-7(12)9(6(2)13)10(8)11/h4-5H,3,12H2,1-2H3. The summed E-state index contributed by atoms with van der Waals surface area (Å²) in [5.41, 5.74) is 6.34. The molecule has 0 amide bonds. The van der Waals surface area contributed by atoms with Gasteiger partial charge in [0.05, 0.1) is 17.2 Å². The number of anilines is 1. The van der Waals surface area contributed by atoms with Crippen LogP contribution in [0.15, 0.2) is 12.1 Å². The van der Waals surface area contributed by atoms with Crippen molar-refractivity contribution in [2.75, 3.05) is 12.3 Å². The van der Waals surface area contributed by atoms with Crippen molar-refractivity contribution >= 4 is 23.1 Å². The molecular formula is C10H12ClNO2. The van der Waals surface area contributed by atoms with Crippen LogP contribution >= 0.6 is 11.6 Å². The monoisotopic (exact) mass is 213 g/mol. The van der Waals surface area contributed by atoms with Gasteiger partial charge >= 0.3 is 0 Å². The fourth-order valence-electron chi connectivity index (χ4n) is 1.20. The number of Topliss-reactive ketones (excluding diaryl/α,β-unsaturated/α-hetero) is 1. The average molecular weight is 214 g/mol. The van der Waals surface area contributed by atoms with Crippen LogP contribution in [0.2, 0.25) is 5.02 Å². The van der Waals surface area contributed by atoms with Gasteiger partial charge < -0.3 is 10.5 Å². The molecule has 0 fully saturated rings. The highest BCUT2D eigenvalue weighted by Crippen LogP contribution is 2.32. The third kappa shape index (κ3) is 1.99. The molecule has 0 saturated carbocycles. The summed E-state index contributed by atoms with van der Waals surface area (Å²) < 4.78 is 5.24. The van der Waals surface area contributed by atoms with Crippen molar-refractivity contribution in [2.45, 2.75) is 13.8 Å². The Morgan fingerprint density at radius 1 is 1.57 bits per heavy atom. The zero-order valence-corrected chi connectivity index (χ0v) is 8.89. The molecule has 0 aliphatic rings. The van der Waals surface area contributed by atoms with E-state index in [9.17, 15) is 4.79 Å². The van der Waals surface area contributed by atoms with Crippen molar-refractivity contribution in [2.24, 2.45) is 0 Å². The quantitative estimate of drug-likeness (QED) is 0.620. The Morgan fingerprint density at radius 2 is 2.21 bits per heavy atom. The van der Waals surface area contributed by atoms with E-state index in [0.717, 1.165) is 0 Å². The predicted molar refractivity (Wildman–Crippen MR) is 57.0 cm³/mol. The highest BCUT2D eigenvalue weighted by Gasteiger charge is 2.14. The molecule has 4 heteroatoms. The summed E-state index contributed by atoms with van der Waals surface area (Å²) in [6, 6.07) is 3.28. The van der Waals surface area contributed by atoms with E-state index in [0.29, 0.717) is 28.6 Å². The maximum Gasteiger partial charge on any atom is 0.163 e. The largest absolute Gasteiger partial charge is 0.492 e. The third-order valence-electron chi connectivity index (χ3n) is 1.79. The number of ether oxygens (including phenoxy) is 1. The number of ketones is 1. The van der Waals surface area contributed by atoms with Gasteiger partial charge in [0.25, 0.3) is 0 Å². The molecule has 3 nitrogen and oxygen atoms in total. The maximum atomic E-state index is 11.2. The predicted octanol–water partition coefficient (Wildman–Crippen LogP) is 2.52. The minimum Gasteiger partial charge on any atom is -0.492 e. The Kier molecular flexibility index (Phi) is 3.36. The summed E-state index contributed by atoms with van der Waals surface area (Å²) in [6.07, 6.45) is 0. The molecule has 0 radical (unpaired) electrons. The van der Waals surface area contributed by atoms with Crippen LogP contribution in [0.3, 0.4) is 0 Å². The van der Waals surface area contributed by atoms with Gasteiger partial charge in [-0.15, -0.1) is 0 Å². The number of hydrogen-bond acceptors (Lipinski definition) is 3. The molecule has 2 N–H and O–H groups in total. The lowest BCUT2D eigenvalue weighted by atomic mass is 10.1. The van der Waals surface area contributed by atoms with Crippen molar-refractivity contribution in [3.8, 4) is 5.75 Å². The number of carbonyl (C=O) groups is 1. The first-order valence-corrected chi connectivity index (χ1v) is 4.67. The van der Waals surface area contributed by atoms with E-state index < -0.39 is 0 Å². The SMILES string of the molecule is CCOc1ccc(N)c(C(C)=O)c1Cl. The molecule has 1 aromatic rings. The second kappa shape index (κ2) is 4.33. The molecule has 76 valence electrons. The molecule has 0 bridgehead atoms. The molecule has 0 atom stereocenters. The van der Waals surface area contributed by atoms with Crippen LogP contribution in [-0.2, 0) is 0 Å². The molecule has 0 aliphatic heterocycles. The van der Waals surface area contributed by atoms with Crippen molar-refractivity contribution in [3.63, 3.8) is 0 Å². The molecular weight excluding hydrogens is 202 g/mol. The van der Waals surface area contributed by atoms with E-state index in [-0.39, 0.29) is 5.78 Å². The summed E-state index contributed by atoms with van der Waals surface area (Å²) >= 11 is 5.96. The number of halogens is 1. The normalized spacial score (nSPS) is 9.93. The van der Waals surface area contributed by atoms with Gasteiger partial charge in [0.2, 0.25) is 0 Å². The van der Waals surface area contributed by atoms with E-state index in [1.165, 1.54) is 6.92 Å². The van der Waals surface area contributed by atoms with Crippen LogP contribution in [0.4, 0.5) is 5.69 Å². The van der Waals surface area contributed by atoms with Gasteiger partial charge in [0.1, 0.15) is 5.75 Å². The Morgan fingerprint density at radius 3 is 2.71 bits per heavy atom. The lowest BCUT2D eigenvalue weighted by Gasteiger charge is -2.10. The van der Waals surface area contributed by atoms with E-state index in [4.69, 9.17) is 22.1 Å². The summed E-state index contributed by atoms with van der Waals surface area (Å²) in [5, 5.41) is 0.291. The van der Waals surface area contributed by atoms with Crippen LogP contribution in [0, 0.1) is 0 Å². The fourth-order valence-corrected chi connectivity index (χ4v) is 1.56. The van der Waals surface area contributed by atoms with Gasteiger partial charge in [-0.3, -0.25) is 4.79 Å². The lowest BCUT2D eigenvalue weighted by Crippen LogP contribution is -2.03. The highest BCUT2D eigenvalue weighted by atomic mass is 35.5. The highest BCUT2D eigenvalue weighted by molar-refractivity contribution is 6.36. The molecule has 0 unspecified atom stereocenters. The van der Waals surface area contributed by atoms with Gasteiger partial charge in [-0.05, 0) is 26.0 Å². The third-order valence-corrected chi connectivity index (χ3v) is 2.17. The molecule has 0 aliphatic carbocycles. The van der Waals surface area contributed by atoms with Crippen molar-refractivity contribution in [1.29, 1.82) is 0 Å². The molecule has 1 rings (SSSR count). The summed E-state index contributed by atoms with van der Waals surface area (Å²) in [4.78, 5) is 11.2. The molecule has 0 saturated heterocycles. The number of carbonyl (C=O) groups excluding carboxylic acids is 1. The minimum absolute atomic E-state index is 0.158. The summed E-state index contributed by atoms with van der Waals surface area (Å²) in [7, 11) is 0. The Hall–Kier alpha value is -1.22. The van der Waals surface area contributed by atoms with Crippen LogP contribution in [0.25, 0.3) is 0 Å². The average Bonchev–Trinajstić information content (AvgIpc) is 2.10. The molecule has 0 aromatic heterocycles. The van der Waals surface area contributed by atoms with Crippen molar-refractivity contribution in [1.82, 2.24) is 0 Å².